The maximum absolute atomic E-state index is 12.4. The van der Waals surface area contributed by atoms with E-state index in [0.717, 1.165) is 5.39 Å². The summed E-state index contributed by atoms with van der Waals surface area (Å²) in [4.78, 5) is 16.7. The summed E-state index contributed by atoms with van der Waals surface area (Å²) in [6.07, 6.45) is 1.69. The molecule has 3 aromatic rings. The molecule has 0 spiro atoms. The number of anilines is 1. The van der Waals surface area contributed by atoms with Crippen LogP contribution in [0.5, 0.6) is 5.75 Å². The molecule has 1 aromatic heterocycles. The summed E-state index contributed by atoms with van der Waals surface area (Å²) in [5, 5.41) is 3.81. The molecule has 0 aliphatic carbocycles. The van der Waals surface area contributed by atoms with Crippen LogP contribution in [0.15, 0.2) is 60.8 Å². The van der Waals surface area contributed by atoms with Crippen molar-refractivity contribution in [1.82, 2.24) is 4.98 Å². The minimum atomic E-state index is -0.187. The van der Waals surface area contributed by atoms with E-state index in [2.05, 4.69) is 10.3 Å². The third kappa shape index (κ3) is 2.69. The quantitative estimate of drug-likeness (QED) is 0.797. The number of carbonyl (C=O) groups is 1. The Morgan fingerprint density at radius 1 is 1.10 bits per heavy atom. The molecule has 21 heavy (non-hydrogen) atoms. The molecule has 0 aliphatic heterocycles. The minimum absolute atomic E-state index is 0.187. The van der Waals surface area contributed by atoms with Crippen LogP contribution in [-0.4, -0.2) is 18.0 Å². The van der Waals surface area contributed by atoms with Gasteiger partial charge in [-0.05, 0) is 24.3 Å². The van der Waals surface area contributed by atoms with E-state index in [9.17, 15) is 4.79 Å². The van der Waals surface area contributed by atoms with Crippen LogP contribution in [-0.2, 0) is 0 Å². The Labute approximate surface area is 122 Å². The Morgan fingerprint density at radius 2 is 1.90 bits per heavy atom. The highest BCUT2D eigenvalue weighted by molar-refractivity contribution is 6.11. The highest BCUT2D eigenvalue weighted by atomic mass is 16.5. The number of hydrogen-bond acceptors (Lipinski definition) is 3. The van der Waals surface area contributed by atoms with E-state index in [1.165, 1.54) is 0 Å². The molecule has 0 saturated heterocycles. The van der Waals surface area contributed by atoms with Gasteiger partial charge < -0.3 is 10.1 Å². The lowest BCUT2D eigenvalue weighted by Crippen LogP contribution is -2.12. The van der Waals surface area contributed by atoms with Crippen LogP contribution in [0.4, 0.5) is 5.69 Å². The van der Waals surface area contributed by atoms with Crippen LogP contribution in [0.1, 0.15) is 10.4 Å². The third-order valence-electron chi connectivity index (χ3n) is 3.20. The fourth-order valence-electron chi connectivity index (χ4n) is 2.19. The van der Waals surface area contributed by atoms with E-state index < -0.39 is 0 Å². The number of nitrogens with zero attached hydrogens (tertiary/aromatic N) is 1. The molecular weight excluding hydrogens is 264 g/mol. The monoisotopic (exact) mass is 278 g/mol. The molecule has 2 aromatic carbocycles. The second-order valence-corrected chi connectivity index (χ2v) is 4.57. The molecule has 104 valence electrons. The first-order chi connectivity index (χ1) is 10.3. The molecule has 1 heterocycles. The molecule has 1 N–H and O–H groups in total. The van der Waals surface area contributed by atoms with Crippen molar-refractivity contribution in [3.8, 4) is 5.75 Å². The lowest BCUT2D eigenvalue weighted by Gasteiger charge is -2.08. The largest absolute Gasteiger partial charge is 0.497 e. The number of hydrogen-bond donors (Lipinski definition) is 1. The lowest BCUT2D eigenvalue weighted by molar-refractivity contribution is 0.102. The zero-order valence-corrected chi connectivity index (χ0v) is 11.5. The van der Waals surface area contributed by atoms with Gasteiger partial charge in [0.2, 0.25) is 0 Å². The van der Waals surface area contributed by atoms with Crippen LogP contribution in [0.2, 0.25) is 0 Å². The van der Waals surface area contributed by atoms with E-state index >= 15 is 0 Å². The SMILES string of the molecule is COc1cccc(NC(=O)c2cccc3cccnc23)c1. The molecule has 0 aliphatic rings. The number of pyridine rings is 1. The van der Waals surface area contributed by atoms with Crippen molar-refractivity contribution >= 4 is 22.5 Å². The molecule has 4 heteroatoms. The second kappa shape index (κ2) is 5.63. The molecule has 3 rings (SSSR count). The number of ether oxygens (including phenoxy) is 1. The first-order valence-electron chi connectivity index (χ1n) is 6.57. The van der Waals surface area contributed by atoms with Crippen LogP contribution in [0.3, 0.4) is 0 Å². The van der Waals surface area contributed by atoms with Gasteiger partial charge in [-0.15, -0.1) is 0 Å². The van der Waals surface area contributed by atoms with Gasteiger partial charge in [0.05, 0.1) is 18.2 Å². The molecule has 0 atom stereocenters. The molecular formula is C17H14N2O2. The number of rotatable bonds is 3. The number of nitrogens with one attached hydrogen (secondary N) is 1. The van der Waals surface area contributed by atoms with Crippen molar-refractivity contribution in [2.75, 3.05) is 12.4 Å². The number of benzene rings is 2. The first kappa shape index (κ1) is 13.1. The van der Waals surface area contributed by atoms with Crippen LogP contribution < -0.4 is 10.1 Å². The number of aromatic nitrogens is 1. The highest BCUT2D eigenvalue weighted by Crippen LogP contribution is 2.20. The standard InChI is InChI=1S/C17H14N2O2/c1-21-14-8-3-7-13(11-14)19-17(20)15-9-2-5-12-6-4-10-18-16(12)15/h2-11H,1H3,(H,19,20). The number of carbonyl (C=O) groups excluding carboxylic acids is 1. The molecule has 0 bridgehead atoms. The van der Waals surface area contributed by atoms with E-state index in [0.29, 0.717) is 22.5 Å². The Hall–Kier alpha value is -2.88. The van der Waals surface area contributed by atoms with E-state index in [4.69, 9.17) is 4.74 Å². The maximum atomic E-state index is 12.4. The Bertz CT molecular complexity index is 794. The number of fused-ring (bicyclic) bond motifs is 1. The third-order valence-corrected chi connectivity index (χ3v) is 3.20. The van der Waals surface area contributed by atoms with Crippen LogP contribution in [0, 0.1) is 0 Å². The smallest absolute Gasteiger partial charge is 0.257 e. The van der Waals surface area contributed by atoms with Crippen molar-refractivity contribution in [2.45, 2.75) is 0 Å². The predicted molar refractivity (Wildman–Crippen MR) is 82.7 cm³/mol. The Kier molecular flexibility index (Phi) is 3.51. The summed E-state index contributed by atoms with van der Waals surface area (Å²) in [6.45, 7) is 0. The molecule has 0 unspecified atom stereocenters. The van der Waals surface area contributed by atoms with Gasteiger partial charge in [-0.2, -0.15) is 0 Å². The summed E-state index contributed by atoms with van der Waals surface area (Å²) >= 11 is 0. The molecule has 4 nitrogen and oxygen atoms in total. The summed E-state index contributed by atoms with van der Waals surface area (Å²) in [7, 11) is 1.59. The van der Waals surface area contributed by atoms with Gasteiger partial charge in [-0.1, -0.05) is 24.3 Å². The topological polar surface area (TPSA) is 51.2 Å². The summed E-state index contributed by atoms with van der Waals surface area (Å²) < 4.78 is 5.15. The minimum Gasteiger partial charge on any atom is -0.497 e. The van der Waals surface area contributed by atoms with E-state index in [-0.39, 0.29) is 5.91 Å². The van der Waals surface area contributed by atoms with Crippen molar-refractivity contribution in [2.24, 2.45) is 0 Å². The van der Waals surface area contributed by atoms with Crippen molar-refractivity contribution in [3.63, 3.8) is 0 Å². The predicted octanol–water partition coefficient (Wildman–Crippen LogP) is 3.50. The average Bonchev–Trinajstić information content (AvgIpc) is 2.54. The van der Waals surface area contributed by atoms with Crippen LogP contribution >= 0.6 is 0 Å². The Balaban J connectivity index is 1.93. The van der Waals surface area contributed by atoms with Crippen molar-refractivity contribution in [1.29, 1.82) is 0 Å². The zero-order valence-electron chi connectivity index (χ0n) is 11.5. The zero-order chi connectivity index (χ0) is 14.7. The molecule has 0 fully saturated rings. The highest BCUT2D eigenvalue weighted by Gasteiger charge is 2.11. The van der Waals surface area contributed by atoms with Gasteiger partial charge in [0.1, 0.15) is 5.75 Å². The first-order valence-corrected chi connectivity index (χ1v) is 6.57. The van der Waals surface area contributed by atoms with Gasteiger partial charge >= 0.3 is 0 Å². The van der Waals surface area contributed by atoms with Crippen molar-refractivity contribution < 1.29 is 9.53 Å². The second-order valence-electron chi connectivity index (χ2n) is 4.57. The lowest BCUT2D eigenvalue weighted by atomic mass is 10.1. The van der Waals surface area contributed by atoms with Gasteiger partial charge in [0, 0.05) is 23.3 Å². The van der Waals surface area contributed by atoms with Crippen molar-refractivity contribution in [3.05, 3.63) is 66.4 Å². The normalized spacial score (nSPS) is 10.3. The number of para-hydroxylation sites is 1. The summed E-state index contributed by atoms with van der Waals surface area (Å²) in [6, 6.07) is 16.6. The van der Waals surface area contributed by atoms with Gasteiger partial charge in [0.15, 0.2) is 0 Å². The fourth-order valence-corrected chi connectivity index (χ4v) is 2.19. The van der Waals surface area contributed by atoms with Gasteiger partial charge in [-0.25, -0.2) is 0 Å². The van der Waals surface area contributed by atoms with E-state index in [1.54, 1.807) is 25.4 Å². The fraction of sp³-hybridized carbons (Fsp3) is 0.0588. The Morgan fingerprint density at radius 3 is 2.76 bits per heavy atom. The number of methoxy groups -OCH3 is 1. The van der Waals surface area contributed by atoms with E-state index in [1.807, 2.05) is 42.5 Å². The van der Waals surface area contributed by atoms with Gasteiger partial charge in [0.25, 0.3) is 5.91 Å². The summed E-state index contributed by atoms with van der Waals surface area (Å²) in [5.41, 5.74) is 1.93. The molecule has 1 amide bonds. The number of amides is 1. The van der Waals surface area contributed by atoms with Gasteiger partial charge in [-0.3, -0.25) is 9.78 Å². The molecule has 0 saturated carbocycles. The average molecular weight is 278 g/mol. The maximum Gasteiger partial charge on any atom is 0.257 e. The summed E-state index contributed by atoms with van der Waals surface area (Å²) in [5.74, 6) is 0.511. The van der Waals surface area contributed by atoms with Crippen LogP contribution in [0.25, 0.3) is 10.9 Å². The molecule has 0 radical (unpaired) electrons.